The van der Waals surface area contributed by atoms with Crippen LogP contribution in [-0.2, 0) is 0 Å². The van der Waals surface area contributed by atoms with Crippen LogP contribution >= 0.6 is 11.8 Å². The molecule has 0 saturated carbocycles. The van der Waals surface area contributed by atoms with Gasteiger partial charge in [-0.25, -0.2) is 4.68 Å². The van der Waals surface area contributed by atoms with Gasteiger partial charge in [0.25, 0.3) is 0 Å². The number of thioether (sulfide) groups is 1. The molecule has 0 radical (unpaired) electrons. The lowest BCUT2D eigenvalue weighted by Gasteiger charge is -2.02. The van der Waals surface area contributed by atoms with E-state index in [0.29, 0.717) is 16.6 Å². The Hall–Kier alpha value is -2.94. The summed E-state index contributed by atoms with van der Waals surface area (Å²) in [5, 5.41) is 25.6. The van der Waals surface area contributed by atoms with E-state index in [2.05, 4.69) is 15.3 Å². The van der Waals surface area contributed by atoms with E-state index in [1.807, 2.05) is 32.0 Å². The summed E-state index contributed by atoms with van der Waals surface area (Å²) in [5.41, 5.74) is 1.91. The topological polar surface area (TPSA) is 99.9 Å². The first-order valence-corrected chi connectivity index (χ1v) is 7.86. The molecule has 9 heteroatoms. The van der Waals surface area contributed by atoms with Gasteiger partial charge in [-0.05, 0) is 49.6 Å². The van der Waals surface area contributed by atoms with Gasteiger partial charge in [-0.15, -0.1) is 10.2 Å². The van der Waals surface area contributed by atoms with Crippen LogP contribution in [-0.4, -0.2) is 24.9 Å². The average Bonchev–Trinajstić information content (AvgIpc) is 3.15. The van der Waals surface area contributed by atoms with E-state index in [0.717, 1.165) is 11.4 Å². The Morgan fingerprint density at radius 3 is 2.67 bits per heavy atom. The smallest absolute Gasteiger partial charge is 0.401 e. The lowest BCUT2D eigenvalue weighted by atomic mass is 10.4. The zero-order valence-electron chi connectivity index (χ0n) is 12.9. The van der Waals surface area contributed by atoms with Crippen molar-refractivity contribution < 1.29 is 9.34 Å². The van der Waals surface area contributed by atoms with Crippen LogP contribution in [0, 0.1) is 24.0 Å². The number of hydrogen-bond acceptors (Lipinski definition) is 7. The summed E-state index contributed by atoms with van der Waals surface area (Å²) in [7, 11) is 0. The summed E-state index contributed by atoms with van der Waals surface area (Å²) in [5.74, 6) is 0.769. The fourth-order valence-electron chi connectivity index (χ4n) is 2.05. The molecule has 24 heavy (non-hydrogen) atoms. The van der Waals surface area contributed by atoms with Crippen molar-refractivity contribution in [2.24, 2.45) is 0 Å². The van der Waals surface area contributed by atoms with Crippen LogP contribution in [0.2, 0.25) is 0 Å². The molecular weight excluding hydrogens is 330 g/mol. The minimum atomic E-state index is -0.576. The lowest BCUT2D eigenvalue weighted by molar-refractivity contribution is -0.402. The zero-order chi connectivity index (χ0) is 17.1. The van der Waals surface area contributed by atoms with Crippen LogP contribution in [0.1, 0.15) is 17.1 Å². The number of furan rings is 1. The second-order valence-electron chi connectivity index (χ2n) is 4.92. The average molecular weight is 343 g/mol. The van der Waals surface area contributed by atoms with E-state index in [1.165, 1.54) is 23.9 Å². The second-order valence-corrected chi connectivity index (χ2v) is 5.85. The molecular formula is C15H13N5O3S. The molecule has 0 bridgehead atoms. The SMILES string of the molecule is Cc1cc(C)n(-c2ccc(S/C=C/c3ccc([N+](=O)[O-])o3)nn2)n1. The molecule has 8 nitrogen and oxygen atoms in total. The predicted molar refractivity (Wildman–Crippen MR) is 88.9 cm³/mol. The van der Waals surface area contributed by atoms with Crippen LogP contribution in [0.3, 0.4) is 0 Å². The van der Waals surface area contributed by atoms with Gasteiger partial charge < -0.3 is 4.42 Å². The molecule has 0 amide bonds. The van der Waals surface area contributed by atoms with E-state index in [9.17, 15) is 10.1 Å². The summed E-state index contributed by atoms with van der Waals surface area (Å²) in [6.45, 7) is 3.88. The highest BCUT2D eigenvalue weighted by atomic mass is 32.2. The Balaban J connectivity index is 1.66. The number of nitro groups is 1. The van der Waals surface area contributed by atoms with Crippen molar-refractivity contribution in [3.8, 4) is 5.82 Å². The molecule has 3 aromatic rings. The summed E-state index contributed by atoms with van der Waals surface area (Å²) >= 11 is 1.33. The maximum atomic E-state index is 10.5. The molecule has 3 heterocycles. The highest BCUT2D eigenvalue weighted by molar-refractivity contribution is 8.02. The van der Waals surface area contributed by atoms with Gasteiger partial charge in [-0.2, -0.15) is 5.10 Å². The normalized spacial score (nSPS) is 11.2. The monoisotopic (exact) mass is 343 g/mol. The maximum Gasteiger partial charge on any atom is 0.433 e. The Labute approximate surface area is 141 Å². The van der Waals surface area contributed by atoms with Gasteiger partial charge in [0, 0.05) is 5.69 Å². The van der Waals surface area contributed by atoms with Crippen molar-refractivity contribution in [2.75, 3.05) is 0 Å². The summed E-state index contributed by atoms with van der Waals surface area (Å²) < 4.78 is 6.76. The first-order valence-electron chi connectivity index (χ1n) is 6.98. The molecule has 0 atom stereocenters. The molecule has 0 unspecified atom stereocenters. The minimum absolute atomic E-state index is 0.284. The van der Waals surface area contributed by atoms with Gasteiger partial charge in [0.2, 0.25) is 0 Å². The minimum Gasteiger partial charge on any atom is -0.401 e. The third kappa shape index (κ3) is 3.51. The molecule has 3 rings (SSSR count). The third-order valence-electron chi connectivity index (χ3n) is 3.07. The largest absolute Gasteiger partial charge is 0.433 e. The van der Waals surface area contributed by atoms with Gasteiger partial charge in [-0.3, -0.25) is 10.1 Å². The van der Waals surface area contributed by atoms with Crippen molar-refractivity contribution in [2.45, 2.75) is 18.9 Å². The molecule has 0 spiro atoms. The Morgan fingerprint density at radius 2 is 2.08 bits per heavy atom. The molecule has 0 aliphatic rings. The highest BCUT2D eigenvalue weighted by Gasteiger charge is 2.10. The molecule has 0 saturated heterocycles. The van der Waals surface area contributed by atoms with Crippen LogP contribution in [0.4, 0.5) is 5.88 Å². The molecule has 0 fully saturated rings. The lowest BCUT2D eigenvalue weighted by Crippen LogP contribution is -2.03. The molecule has 3 aromatic heterocycles. The van der Waals surface area contributed by atoms with Gasteiger partial charge in [0.1, 0.15) is 15.7 Å². The number of aryl methyl sites for hydroxylation is 2. The molecule has 0 aliphatic carbocycles. The van der Waals surface area contributed by atoms with Crippen molar-refractivity contribution >= 4 is 23.7 Å². The van der Waals surface area contributed by atoms with Crippen LogP contribution in [0.25, 0.3) is 11.9 Å². The Morgan fingerprint density at radius 1 is 1.25 bits per heavy atom. The second kappa shape index (κ2) is 6.67. The molecule has 0 N–H and O–H groups in total. The first kappa shape index (κ1) is 15.9. The summed E-state index contributed by atoms with van der Waals surface area (Å²) in [6, 6.07) is 8.48. The van der Waals surface area contributed by atoms with Crippen molar-refractivity contribution in [3.63, 3.8) is 0 Å². The van der Waals surface area contributed by atoms with E-state index in [-0.39, 0.29) is 5.88 Å². The van der Waals surface area contributed by atoms with Crippen molar-refractivity contribution in [3.05, 3.63) is 63.0 Å². The van der Waals surface area contributed by atoms with E-state index < -0.39 is 4.92 Å². The first-order chi connectivity index (χ1) is 11.5. The van der Waals surface area contributed by atoms with Crippen LogP contribution in [0.15, 0.2) is 45.2 Å². The summed E-state index contributed by atoms with van der Waals surface area (Å²) in [4.78, 5) is 9.97. The fraction of sp³-hybridized carbons (Fsp3) is 0.133. The molecule has 0 aromatic carbocycles. The molecule has 122 valence electrons. The number of hydrogen-bond donors (Lipinski definition) is 0. The van der Waals surface area contributed by atoms with Crippen molar-refractivity contribution in [1.82, 2.24) is 20.0 Å². The van der Waals surface area contributed by atoms with Crippen molar-refractivity contribution in [1.29, 1.82) is 0 Å². The highest BCUT2D eigenvalue weighted by Crippen LogP contribution is 2.21. The summed E-state index contributed by atoms with van der Waals surface area (Å²) in [6.07, 6.45) is 1.63. The van der Waals surface area contributed by atoms with Gasteiger partial charge in [-0.1, -0.05) is 11.8 Å². The van der Waals surface area contributed by atoms with E-state index in [4.69, 9.17) is 4.42 Å². The quantitative estimate of drug-likeness (QED) is 0.397. The fourth-order valence-corrected chi connectivity index (χ4v) is 2.63. The zero-order valence-corrected chi connectivity index (χ0v) is 13.7. The van der Waals surface area contributed by atoms with Gasteiger partial charge >= 0.3 is 5.88 Å². The number of rotatable bonds is 5. The van der Waals surface area contributed by atoms with E-state index in [1.54, 1.807) is 16.2 Å². The van der Waals surface area contributed by atoms with Crippen LogP contribution in [0.5, 0.6) is 0 Å². The number of aromatic nitrogens is 4. The van der Waals surface area contributed by atoms with Gasteiger partial charge in [0.05, 0.1) is 11.8 Å². The number of nitrogens with zero attached hydrogens (tertiary/aromatic N) is 5. The molecule has 0 aliphatic heterocycles. The Kier molecular flexibility index (Phi) is 4.43. The third-order valence-corrected chi connectivity index (χ3v) is 3.80. The van der Waals surface area contributed by atoms with Gasteiger partial charge in [0.15, 0.2) is 5.82 Å². The predicted octanol–water partition coefficient (Wildman–Crippen LogP) is 3.54. The Bertz CT molecular complexity index is 898. The van der Waals surface area contributed by atoms with Crippen LogP contribution < -0.4 is 0 Å². The maximum absolute atomic E-state index is 10.5. The standard InChI is InChI=1S/C15H13N5O3S/c1-10-9-11(2)19(18-10)13-4-5-14(17-16-13)24-8-7-12-3-6-15(23-12)20(21)22/h3-9H,1-2H3/b8-7+. The van der Waals surface area contributed by atoms with E-state index >= 15 is 0 Å².